The highest BCUT2D eigenvalue weighted by Crippen LogP contribution is 2.37. The molecule has 4 aromatic heterocycles. The number of ether oxygens (including phenoxy) is 1. The van der Waals surface area contributed by atoms with Gasteiger partial charge in [-0.25, -0.2) is 9.97 Å². The van der Waals surface area contributed by atoms with Crippen LogP contribution in [0.1, 0.15) is 31.9 Å². The zero-order valence-corrected chi connectivity index (χ0v) is 19.6. The number of benzene rings is 1. The van der Waals surface area contributed by atoms with Gasteiger partial charge in [-0.05, 0) is 49.9 Å². The fraction of sp³-hybridized carbons (Fsp3) is 0.308. The number of hydrogen-bond donors (Lipinski definition) is 2. The molecule has 0 fully saturated rings. The third kappa shape index (κ3) is 3.37. The predicted octanol–water partition coefficient (Wildman–Crippen LogP) is 4.71. The van der Waals surface area contributed by atoms with E-state index in [1.54, 1.807) is 0 Å². The first kappa shape index (κ1) is 20.7. The number of rotatable bonds is 6. The monoisotopic (exact) mass is 453 g/mol. The molecule has 8 heteroatoms. The molecule has 0 saturated heterocycles. The Balaban J connectivity index is 1.39. The summed E-state index contributed by atoms with van der Waals surface area (Å²) in [6, 6.07) is 11.1. The standard InChI is InChI=1S/C26H27N7O/c1-4-16-11-18(13-27-12-16)22-31-23(21-24(32-22)33-25(30-21)34-15-26(33,2)3)28-10-9-17-14-29-20-8-6-5-7-19(17)20/h5-8,11-14,29H,4,9-10,15H2,1-3H3,(H,28,31,32). The van der Waals surface area contributed by atoms with Crippen LogP contribution in [0.5, 0.6) is 6.01 Å². The minimum Gasteiger partial charge on any atom is -0.462 e. The number of pyridine rings is 1. The molecular formula is C26H27N7O. The minimum absolute atomic E-state index is 0.236. The molecule has 8 nitrogen and oxygen atoms in total. The molecular weight excluding hydrogens is 426 g/mol. The lowest BCUT2D eigenvalue weighted by Crippen LogP contribution is -2.25. The summed E-state index contributed by atoms with van der Waals surface area (Å²) in [6.07, 6.45) is 7.54. The maximum Gasteiger partial charge on any atom is 0.299 e. The highest BCUT2D eigenvalue weighted by atomic mass is 16.5. The van der Waals surface area contributed by atoms with Crippen molar-refractivity contribution in [1.29, 1.82) is 0 Å². The summed E-state index contributed by atoms with van der Waals surface area (Å²) < 4.78 is 7.97. The molecule has 1 aliphatic heterocycles. The lowest BCUT2D eigenvalue weighted by molar-refractivity contribution is 0.268. The number of para-hydroxylation sites is 1. The zero-order chi connectivity index (χ0) is 23.3. The number of aromatic nitrogens is 6. The van der Waals surface area contributed by atoms with Crippen molar-refractivity contribution in [2.24, 2.45) is 0 Å². The smallest absolute Gasteiger partial charge is 0.299 e. The molecule has 172 valence electrons. The van der Waals surface area contributed by atoms with Crippen LogP contribution in [0, 0.1) is 0 Å². The molecule has 1 aromatic carbocycles. The number of imidazole rings is 1. The number of H-pyrrole nitrogens is 1. The normalized spacial score (nSPS) is 14.4. The van der Waals surface area contributed by atoms with Crippen LogP contribution in [-0.4, -0.2) is 42.6 Å². The van der Waals surface area contributed by atoms with Crippen LogP contribution in [-0.2, 0) is 18.4 Å². The van der Waals surface area contributed by atoms with Crippen molar-refractivity contribution in [2.75, 3.05) is 18.5 Å². The molecule has 0 radical (unpaired) electrons. The molecule has 34 heavy (non-hydrogen) atoms. The summed E-state index contributed by atoms with van der Waals surface area (Å²) in [5.41, 5.74) is 5.73. The molecule has 0 saturated carbocycles. The Bertz CT molecular complexity index is 1510. The van der Waals surface area contributed by atoms with Gasteiger partial charge < -0.3 is 15.0 Å². The quantitative estimate of drug-likeness (QED) is 0.387. The van der Waals surface area contributed by atoms with E-state index in [0.717, 1.165) is 40.6 Å². The number of aromatic amines is 1. The Labute approximate surface area is 197 Å². The molecule has 0 amide bonds. The predicted molar refractivity (Wildman–Crippen MR) is 133 cm³/mol. The maximum absolute atomic E-state index is 5.89. The van der Waals surface area contributed by atoms with Crippen molar-refractivity contribution in [3.63, 3.8) is 0 Å². The van der Waals surface area contributed by atoms with Gasteiger partial charge >= 0.3 is 0 Å². The molecule has 0 spiro atoms. The number of hydrogen-bond acceptors (Lipinski definition) is 6. The lowest BCUT2D eigenvalue weighted by atomic mass is 10.1. The van der Waals surface area contributed by atoms with Crippen molar-refractivity contribution >= 4 is 27.9 Å². The first-order valence-electron chi connectivity index (χ1n) is 11.7. The molecule has 0 bridgehead atoms. The van der Waals surface area contributed by atoms with Gasteiger partial charge in [0.1, 0.15) is 6.61 Å². The molecule has 0 atom stereocenters. The maximum atomic E-state index is 5.89. The Morgan fingerprint density at radius 1 is 1.15 bits per heavy atom. The largest absolute Gasteiger partial charge is 0.462 e. The van der Waals surface area contributed by atoms with Gasteiger partial charge in [0, 0.05) is 41.6 Å². The minimum atomic E-state index is -0.236. The highest BCUT2D eigenvalue weighted by molar-refractivity contribution is 5.87. The molecule has 1 aliphatic rings. The Hall–Kier alpha value is -3.94. The lowest BCUT2D eigenvalue weighted by Gasteiger charge is -2.18. The van der Waals surface area contributed by atoms with Gasteiger partial charge in [0.2, 0.25) is 0 Å². The first-order valence-corrected chi connectivity index (χ1v) is 11.7. The molecule has 0 unspecified atom stereocenters. The third-order valence-electron chi connectivity index (χ3n) is 6.46. The second kappa shape index (κ2) is 7.83. The van der Waals surface area contributed by atoms with Gasteiger partial charge in [-0.3, -0.25) is 9.55 Å². The van der Waals surface area contributed by atoms with E-state index in [1.807, 2.05) is 18.5 Å². The van der Waals surface area contributed by atoms with Crippen molar-refractivity contribution in [3.05, 3.63) is 60.0 Å². The molecule has 5 heterocycles. The number of anilines is 1. The first-order chi connectivity index (χ1) is 16.5. The van der Waals surface area contributed by atoms with Gasteiger partial charge in [-0.2, -0.15) is 4.98 Å². The average molecular weight is 454 g/mol. The Morgan fingerprint density at radius 3 is 2.91 bits per heavy atom. The van der Waals surface area contributed by atoms with Crippen LogP contribution in [0.15, 0.2) is 48.9 Å². The van der Waals surface area contributed by atoms with Gasteiger partial charge in [0.05, 0.1) is 5.54 Å². The number of nitrogens with one attached hydrogen (secondary N) is 2. The molecule has 2 N–H and O–H groups in total. The van der Waals surface area contributed by atoms with Crippen molar-refractivity contribution < 1.29 is 4.74 Å². The van der Waals surface area contributed by atoms with Crippen LogP contribution >= 0.6 is 0 Å². The topological polar surface area (TPSA) is 93.5 Å². The van der Waals surface area contributed by atoms with Crippen molar-refractivity contribution in [2.45, 2.75) is 39.2 Å². The molecule has 0 aliphatic carbocycles. The fourth-order valence-corrected chi connectivity index (χ4v) is 4.60. The highest BCUT2D eigenvalue weighted by Gasteiger charge is 2.36. The van der Waals surface area contributed by atoms with Gasteiger partial charge in [0.25, 0.3) is 6.01 Å². The SMILES string of the molecule is CCc1cncc(-c2nc(NCCc3c[nH]c4ccccc34)c3nc4n(c3n2)C(C)(C)CO4)c1. The van der Waals surface area contributed by atoms with Gasteiger partial charge in [-0.15, -0.1) is 0 Å². The second-order valence-corrected chi connectivity index (χ2v) is 9.37. The van der Waals surface area contributed by atoms with E-state index in [4.69, 9.17) is 19.7 Å². The van der Waals surface area contributed by atoms with Gasteiger partial charge in [0.15, 0.2) is 22.8 Å². The Morgan fingerprint density at radius 2 is 2.03 bits per heavy atom. The summed E-state index contributed by atoms with van der Waals surface area (Å²) in [7, 11) is 0. The van der Waals surface area contributed by atoms with Crippen LogP contribution in [0.4, 0.5) is 5.82 Å². The summed E-state index contributed by atoms with van der Waals surface area (Å²) >= 11 is 0. The van der Waals surface area contributed by atoms with Crippen LogP contribution in [0.25, 0.3) is 33.5 Å². The number of fused-ring (bicyclic) bond motifs is 4. The summed E-state index contributed by atoms with van der Waals surface area (Å²) in [5.74, 6) is 1.35. The fourth-order valence-electron chi connectivity index (χ4n) is 4.60. The second-order valence-electron chi connectivity index (χ2n) is 9.37. The van der Waals surface area contributed by atoms with Crippen molar-refractivity contribution in [1.82, 2.24) is 29.5 Å². The van der Waals surface area contributed by atoms with Gasteiger partial charge in [-0.1, -0.05) is 25.1 Å². The summed E-state index contributed by atoms with van der Waals surface area (Å²) in [4.78, 5) is 22.3. The molecule has 5 aromatic rings. The zero-order valence-electron chi connectivity index (χ0n) is 19.6. The average Bonchev–Trinajstić information content (AvgIpc) is 3.52. The van der Waals surface area contributed by atoms with E-state index >= 15 is 0 Å². The van der Waals surface area contributed by atoms with E-state index in [1.165, 1.54) is 10.9 Å². The Kier molecular flexibility index (Phi) is 4.76. The van der Waals surface area contributed by atoms with E-state index < -0.39 is 0 Å². The summed E-state index contributed by atoms with van der Waals surface area (Å²) in [5, 5.41) is 4.78. The number of nitrogens with zero attached hydrogens (tertiary/aromatic N) is 5. The van der Waals surface area contributed by atoms with Crippen molar-refractivity contribution in [3.8, 4) is 17.4 Å². The van der Waals surface area contributed by atoms with E-state index in [0.29, 0.717) is 30.8 Å². The van der Waals surface area contributed by atoms with Crippen LogP contribution in [0.2, 0.25) is 0 Å². The summed E-state index contributed by atoms with van der Waals surface area (Å²) in [6.45, 7) is 7.67. The van der Waals surface area contributed by atoms with Crippen LogP contribution in [0.3, 0.4) is 0 Å². The molecule has 6 rings (SSSR count). The van der Waals surface area contributed by atoms with Crippen LogP contribution < -0.4 is 10.1 Å². The van der Waals surface area contributed by atoms with E-state index in [-0.39, 0.29) is 5.54 Å². The number of aryl methyl sites for hydroxylation is 1. The van der Waals surface area contributed by atoms with E-state index in [2.05, 4.69) is 71.1 Å². The van der Waals surface area contributed by atoms with E-state index in [9.17, 15) is 0 Å². The third-order valence-corrected chi connectivity index (χ3v) is 6.46.